The topological polar surface area (TPSA) is 41.9 Å². The number of rotatable bonds is 5. The van der Waals surface area contributed by atoms with Crippen LogP contribution in [-0.2, 0) is 6.54 Å². The second-order valence-electron chi connectivity index (χ2n) is 7.17. The number of ether oxygens (including phenoxy) is 2. The van der Waals surface area contributed by atoms with E-state index in [1.54, 1.807) is 38.1 Å². The van der Waals surface area contributed by atoms with Crippen molar-refractivity contribution < 1.29 is 19.0 Å². The quantitative estimate of drug-likeness (QED) is 0.560. The van der Waals surface area contributed by atoms with Gasteiger partial charge in [-0.25, -0.2) is 4.39 Å². The highest BCUT2D eigenvalue weighted by atomic mass is 32.2. The van der Waals surface area contributed by atoms with E-state index in [4.69, 9.17) is 9.47 Å². The summed E-state index contributed by atoms with van der Waals surface area (Å²) in [6, 6.07) is 18.3. The molecule has 0 saturated heterocycles. The number of phenols is 1. The number of aromatic hydroxyl groups is 1. The molecule has 3 aromatic rings. The van der Waals surface area contributed by atoms with Gasteiger partial charge in [-0.2, -0.15) is 0 Å². The van der Waals surface area contributed by atoms with Crippen LogP contribution in [0.4, 0.5) is 10.1 Å². The van der Waals surface area contributed by atoms with E-state index in [2.05, 4.69) is 4.90 Å². The monoisotopic (exact) mass is 425 g/mol. The van der Waals surface area contributed by atoms with Crippen LogP contribution < -0.4 is 14.4 Å². The SMILES string of the molecule is COc1ccc(CN2CC[C@@H](c3ccccc3F)Sc3cc(OC)ccc32)c(O)c1. The summed E-state index contributed by atoms with van der Waals surface area (Å²) in [7, 11) is 3.22. The average Bonchev–Trinajstić information content (AvgIpc) is 2.94. The van der Waals surface area contributed by atoms with Crippen molar-refractivity contribution in [2.75, 3.05) is 25.7 Å². The molecule has 0 aliphatic carbocycles. The van der Waals surface area contributed by atoms with E-state index < -0.39 is 0 Å². The van der Waals surface area contributed by atoms with Crippen LogP contribution in [0.3, 0.4) is 0 Å². The Labute approximate surface area is 180 Å². The number of benzene rings is 3. The fraction of sp³-hybridized carbons (Fsp3) is 0.250. The van der Waals surface area contributed by atoms with Gasteiger partial charge in [0.15, 0.2) is 0 Å². The van der Waals surface area contributed by atoms with Crippen molar-refractivity contribution in [3.63, 3.8) is 0 Å². The third-order valence-electron chi connectivity index (χ3n) is 5.34. The molecule has 0 unspecified atom stereocenters. The summed E-state index contributed by atoms with van der Waals surface area (Å²) in [4.78, 5) is 3.26. The molecular formula is C24H24FNO3S. The highest BCUT2D eigenvalue weighted by molar-refractivity contribution is 7.99. The number of hydrogen-bond acceptors (Lipinski definition) is 5. The molecule has 0 amide bonds. The second-order valence-corrected chi connectivity index (χ2v) is 8.41. The van der Waals surface area contributed by atoms with E-state index in [0.717, 1.165) is 34.9 Å². The molecule has 1 aliphatic rings. The summed E-state index contributed by atoms with van der Waals surface area (Å²) in [6.45, 7) is 1.27. The van der Waals surface area contributed by atoms with Crippen molar-refractivity contribution in [2.45, 2.75) is 23.1 Å². The molecule has 0 spiro atoms. The summed E-state index contributed by atoms with van der Waals surface area (Å²) in [5.74, 6) is 1.41. The van der Waals surface area contributed by atoms with E-state index in [1.807, 2.05) is 42.5 Å². The molecule has 156 valence electrons. The first-order valence-electron chi connectivity index (χ1n) is 9.79. The minimum absolute atomic E-state index is 0.00785. The van der Waals surface area contributed by atoms with Crippen molar-refractivity contribution in [3.05, 3.63) is 77.6 Å². The molecule has 4 rings (SSSR count). The number of fused-ring (bicyclic) bond motifs is 1. The first-order chi connectivity index (χ1) is 14.6. The fourth-order valence-corrected chi connectivity index (χ4v) is 5.06. The van der Waals surface area contributed by atoms with Gasteiger partial charge in [0.05, 0.1) is 19.9 Å². The Morgan fingerprint density at radius 2 is 1.77 bits per heavy atom. The predicted molar refractivity (Wildman–Crippen MR) is 118 cm³/mol. The standard InChI is InChI=1S/C24H24FNO3S/c1-28-17-8-7-16(22(27)13-17)15-26-12-11-23(19-5-3-4-6-20(19)25)30-24-14-18(29-2)9-10-21(24)26/h3-10,13-14,23,27H,11-12,15H2,1-2H3/t23-/m0/s1. The molecule has 1 N–H and O–H groups in total. The van der Waals surface area contributed by atoms with Gasteiger partial charge >= 0.3 is 0 Å². The molecule has 0 saturated carbocycles. The normalized spacial score (nSPS) is 16.0. The molecule has 3 aromatic carbocycles. The van der Waals surface area contributed by atoms with E-state index in [9.17, 15) is 9.50 Å². The number of phenolic OH excluding ortho intramolecular Hbond substituents is 1. The summed E-state index contributed by atoms with van der Waals surface area (Å²) >= 11 is 1.66. The average molecular weight is 426 g/mol. The molecule has 30 heavy (non-hydrogen) atoms. The number of halogens is 1. The predicted octanol–water partition coefficient (Wildman–Crippen LogP) is 5.79. The molecule has 4 nitrogen and oxygen atoms in total. The first kappa shape index (κ1) is 20.4. The number of thioether (sulfide) groups is 1. The first-order valence-corrected chi connectivity index (χ1v) is 10.7. The Bertz CT molecular complexity index is 1040. The maximum absolute atomic E-state index is 14.5. The van der Waals surface area contributed by atoms with Gasteiger partial charge in [-0.3, -0.25) is 0 Å². The van der Waals surface area contributed by atoms with Crippen molar-refractivity contribution in [3.8, 4) is 17.2 Å². The Balaban J connectivity index is 1.69. The fourth-order valence-electron chi connectivity index (χ4n) is 3.71. The lowest BCUT2D eigenvalue weighted by atomic mass is 10.1. The summed E-state index contributed by atoms with van der Waals surface area (Å²) in [6.07, 6.45) is 0.777. The van der Waals surface area contributed by atoms with Crippen LogP contribution in [-0.4, -0.2) is 25.9 Å². The minimum Gasteiger partial charge on any atom is -0.507 e. The van der Waals surface area contributed by atoms with Gasteiger partial charge in [0, 0.05) is 40.4 Å². The van der Waals surface area contributed by atoms with Crippen LogP contribution in [0, 0.1) is 5.82 Å². The van der Waals surface area contributed by atoms with Crippen LogP contribution >= 0.6 is 11.8 Å². The van der Waals surface area contributed by atoms with Gasteiger partial charge in [0.25, 0.3) is 0 Å². The van der Waals surface area contributed by atoms with Crippen molar-refractivity contribution >= 4 is 17.4 Å². The molecule has 6 heteroatoms. The molecule has 0 radical (unpaired) electrons. The number of nitrogens with zero attached hydrogens (tertiary/aromatic N) is 1. The maximum atomic E-state index is 14.5. The zero-order chi connectivity index (χ0) is 21.1. The van der Waals surface area contributed by atoms with Crippen LogP contribution in [0.15, 0.2) is 65.6 Å². The van der Waals surface area contributed by atoms with E-state index in [-0.39, 0.29) is 16.8 Å². The lowest BCUT2D eigenvalue weighted by molar-refractivity contribution is 0.406. The Morgan fingerprint density at radius 1 is 1.03 bits per heavy atom. The Kier molecular flexibility index (Phi) is 6.04. The number of hydrogen-bond donors (Lipinski definition) is 1. The van der Waals surface area contributed by atoms with Crippen LogP contribution in [0.5, 0.6) is 17.2 Å². The Hall–Kier alpha value is -2.86. The lowest BCUT2D eigenvalue weighted by Crippen LogP contribution is -2.24. The third kappa shape index (κ3) is 4.19. The van der Waals surface area contributed by atoms with Crippen molar-refractivity contribution in [2.24, 2.45) is 0 Å². The minimum atomic E-state index is -0.180. The molecule has 0 aromatic heterocycles. The Morgan fingerprint density at radius 3 is 2.50 bits per heavy atom. The second kappa shape index (κ2) is 8.88. The third-order valence-corrected chi connectivity index (χ3v) is 6.70. The van der Waals surface area contributed by atoms with Crippen LogP contribution in [0.2, 0.25) is 0 Å². The molecular weight excluding hydrogens is 401 g/mol. The summed E-state index contributed by atoms with van der Waals surface area (Å²) < 4.78 is 25.1. The van der Waals surface area contributed by atoms with Crippen molar-refractivity contribution in [1.82, 2.24) is 0 Å². The molecule has 0 bridgehead atoms. The molecule has 0 fully saturated rings. The van der Waals surface area contributed by atoms with Gasteiger partial charge in [0.1, 0.15) is 23.1 Å². The van der Waals surface area contributed by atoms with Gasteiger partial charge in [-0.1, -0.05) is 18.2 Å². The van der Waals surface area contributed by atoms with Gasteiger partial charge < -0.3 is 19.5 Å². The van der Waals surface area contributed by atoms with E-state index >= 15 is 0 Å². The summed E-state index contributed by atoms with van der Waals surface area (Å²) in [5, 5.41) is 10.4. The van der Waals surface area contributed by atoms with Crippen LogP contribution in [0.25, 0.3) is 0 Å². The molecule has 1 aliphatic heterocycles. The number of anilines is 1. The van der Waals surface area contributed by atoms with Crippen molar-refractivity contribution in [1.29, 1.82) is 0 Å². The van der Waals surface area contributed by atoms with Crippen LogP contribution in [0.1, 0.15) is 22.8 Å². The zero-order valence-electron chi connectivity index (χ0n) is 17.0. The van der Waals surface area contributed by atoms with Gasteiger partial charge in [-0.15, -0.1) is 11.8 Å². The lowest BCUT2D eigenvalue weighted by Gasteiger charge is -2.25. The maximum Gasteiger partial charge on any atom is 0.127 e. The smallest absolute Gasteiger partial charge is 0.127 e. The van der Waals surface area contributed by atoms with E-state index in [0.29, 0.717) is 17.9 Å². The largest absolute Gasteiger partial charge is 0.507 e. The highest BCUT2D eigenvalue weighted by Gasteiger charge is 2.26. The highest BCUT2D eigenvalue weighted by Crippen LogP contribution is 2.47. The molecule has 1 atom stereocenters. The summed E-state index contributed by atoms with van der Waals surface area (Å²) in [5.41, 5.74) is 2.58. The van der Waals surface area contributed by atoms with Gasteiger partial charge in [-0.05, 0) is 42.8 Å². The van der Waals surface area contributed by atoms with E-state index in [1.165, 1.54) is 6.07 Å². The number of methoxy groups -OCH3 is 2. The zero-order valence-corrected chi connectivity index (χ0v) is 17.8. The van der Waals surface area contributed by atoms with Gasteiger partial charge in [0.2, 0.25) is 0 Å². The molecule has 1 heterocycles.